The summed E-state index contributed by atoms with van der Waals surface area (Å²) in [7, 11) is 1.67. The van der Waals surface area contributed by atoms with Crippen molar-refractivity contribution in [2.75, 3.05) is 20.1 Å². The van der Waals surface area contributed by atoms with E-state index in [0.29, 0.717) is 13.0 Å². The van der Waals surface area contributed by atoms with E-state index in [1.165, 1.54) is 25.7 Å². The highest BCUT2D eigenvalue weighted by molar-refractivity contribution is 5.95. The molecule has 1 saturated carbocycles. The average molecular weight is 514 g/mol. The minimum atomic E-state index is -5.17. The minimum Gasteiger partial charge on any atom is -0.346 e. The third-order valence-corrected chi connectivity index (χ3v) is 8.01. The van der Waals surface area contributed by atoms with Gasteiger partial charge in [-0.05, 0) is 29.1 Å². The van der Waals surface area contributed by atoms with Crippen LogP contribution in [0.5, 0.6) is 0 Å². The Bertz CT molecular complexity index is 984. The second-order valence-electron chi connectivity index (χ2n) is 11.8. The lowest BCUT2D eigenvalue weighted by molar-refractivity contribution is -0.176. The number of nitrogens with zero attached hydrogens (tertiary/aromatic N) is 3. The number of nitriles is 1. The van der Waals surface area contributed by atoms with E-state index in [1.54, 1.807) is 11.9 Å². The van der Waals surface area contributed by atoms with Gasteiger partial charge in [0.25, 0.3) is 0 Å². The molecule has 4 amide bonds. The lowest BCUT2D eigenvalue weighted by atomic mass is 9.85. The molecule has 2 aliphatic heterocycles. The summed E-state index contributed by atoms with van der Waals surface area (Å²) in [5.41, 5.74) is -1.33. The van der Waals surface area contributed by atoms with E-state index < -0.39 is 47.4 Å². The maximum atomic E-state index is 13.5. The van der Waals surface area contributed by atoms with Crippen LogP contribution in [0.3, 0.4) is 0 Å². The summed E-state index contributed by atoms with van der Waals surface area (Å²) in [6, 6.07) is -1.40. The number of halogens is 3. The number of carbonyl (C=O) groups excluding carboxylic acids is 4. The fourth-order valence-electron chi connectivity index (χ4n) is 5.59. The van der Waals surface area contributed by atoms with Gasteiger partial charge in [0.1, 0.15) is 18.1 Å². The van der Waals surface area contributed by atoms with Gasteiger partial charge < -0.3 is 20.4 Å². The minimum absolute atomic E-state index is 0.0402. The van der Waals surface area contributed by atoms with Crippen LogP contribution in [0, 0.1) is 39.9 Å². The van der Waals surface area contributed by atoms with Crippen molar-refractivity contribution in [3.8, 4) is 6.07 Å². The molecule has 2 unspecified atom stereocenters. The van der Waals surface area contributed by atoms with Crippen LogP contribution < -0.4 is 10.6 Å². The summed E-state index contributed by atoms with van der Waals surface area (Å²) in [6.07, 6.45) is -4.53. The Morgan fingerprint density at radius 1 is 1.17 bits per heavy atom. The molecular weight excluding hydrogens is 479 g/mol. The SMILES string of the molecule is CN1CCC(C(C#N)NC(=O)[C@@H]2[C@@H]3[C@H](CN2C(=O)[C@@H](NC(=O)C(F)(F)F)C(C)(C)C)C3(C)C)CC1=O. The number of nitrogens with one attached hydrogen (secondary N) is 2. The highest BCUT2D eigenvalue weighted by atomic mass is 19.4. The molecule has 12 heteroatoms. The highest BCUT2D eigenvalue weighted by Gasteiger charge is 2.70. The summed E-state index contributed by atoms with van der Waals surface area (Å²) < 4.78 is 38.9. The molecular formula is C24H34F3N5O4. The van der Waals surface area contributed by atoms with Gasteiger partial charge in [-0.3, -0.25) is 19.2 Å². The van der Waals surface area contributed by atoms with Crippen LogP contribution in [0.4, 0.5) is 13.2 Å². The number of rotatable bonds is 5. The second-order valence-corrected chi connectivity index (χ2v) is 11.8. The summed E-state index contributed by atoms with van der Waals surface area (Å²) in [5.74, 6) is -4.36. The molecule has 3 rings (SSSR count). The van der Waals surface area contributed by atoms with E-state index >= 15 is 0 Å². The predicted octanol–water partition coefficient (Wildman–Crippen LogP) is 1.44. The first kappa shape index (κ1) is 27.7. The van der Waals surface area contributed by atoms with Gasteiger partial charge in [0.15, 0.2) is 0 Å². The van der Waals surface area contributed by atoms with Gasteiger partial charge in [0.2, 0.25) is 17.7 Å². The van der Waals surface area contributed by atoms with E-state index in [2.05, 4.69) is 11.4 Å². The van der Waals surface area contributed by atoms with Crippen molar-refractivity contribution >= 4 is 23.6 Å². The number of alkyl halides is 3. The van der Waals surface area contributed by atoms with E-state index in [-0.39, 0.29) is 42.0 Å². The highest BCUT2D eigenvalue weighted by Crippen LogP contribution is 2.65. The van der Waals surface area contributed by atoms with Crippen molar-refractivity contribution < 1.29 is 32.3 Å². The molecule has 200 valence electrons. The monoisotopic (exact) mass is 513 g/mol. The molecule has 2 N–H and O–H groups in total. The van der Waals surface area contributed by atoms with Gasteiger partial charge in [-0.1, -0.05) is 34.6 Å². The third-order valence-electron chi connectivity index (χ3n) is 8.01. The van der Waals surface area contributed by atoms with Crippen molar-refractivity contribution in [2.45, 2.75) is 71.8 Å². The van der Waals surface area contributed by atoms with Gasteiger partial charge in [-0.2, -0.15) is 18.4 Å². The topological polar surface area (TPSA) is 123 Å². The molecule has 0 bridgehead atoms. The van der Waals surface area contributed by atoms with Gasteiger partial charge in [-0.15, -0.1) is 0 Å². The molecule has 36 heavy (non-hydrogen) atoms. The van der Waals surface area contributed by atoms with Crippen LogP contribution in [0.2, 0.25) is 0 Å². The van der Waals surface area contributed by atoms with Crippen LogP contribution in [0.1, 0.15) is 47.5 Å². The van der Waals surface area contributed by atoms with Crippen LogP contribution in [-0.4, -0.2) is 77.9 Å². The second kappa shape index (κ2) is 9.23. The van der Waals surface area contributed by atoms with E-state index in [1.807, 2.05) is 19.2 Å². The number of hydrogen-bond donors (Lipinski definition) is 2. The number of amides is 4. The Labute approximate surface area is 208 Å². The van der Waals surface area contributed by atoms with E-state index in [9.17, 15) is 37.6 Å². The number of piperidine rings is 2. The Kier molecular flexibility index (Phi) is 7.11. The zero-order valence-corrected chi connectivity index (χ0v) is 21.4. The molecule has 6 atom stereocenters. The van der Waals surface area contributed by atoms with Crippen molar-refractivity contribution in [1.29, 1.82) is 5.26 Å². The zero-order valence-electron chi connectivity index (χ0n) is 21.4. The van der Waals surface area contributed by atoms with Crippen LogP contribution in [-0.2, 0) is 19.2 Å². The molecule has 2 saturated heterocycles. The normalized spacial score (nSPS) is 29.1. The van der Waals surface area contributed by atoms with Gasteiger partial charge in [-0.25, -0.2) is 0 Å². The number of fused-ring (bicyclic) bond motifs is 1. The summed E-state index contributed by atoms with van der Waals surface area (Å²) in [6.45, 7) is 9.12. The summed E-state index contributed by atoms with van der Waals surface area (Å²) in [4.78, 5) is 53.6. The van der Waals surface area contributed by atoms with Crippen molar-refractivity contribution in [2.24, 2.45) is 28.6 Å². The van der Waals surface area contributed by atoms with Gasteiger partial charge in [0, 0.05) is 32.5 Å². The van der Waals surface area contributed by atoms with Crippen molar-refractivity contribution in [3.05, 3.63) is 0 Å². The molecule has 2 heterocycles. The summed E-state index contributed by atoms with van der Waals surface area (Å²) >= 11 is 0. The molecule has 0 aromatic carbocycles. The largest absolute Gasteiger partial charge is 0.471 e. The molecule has 0 radical (unpaired) electrons. The molecule has 9 nitrogen and oxygen atoms in total. The zero-order chi connectivity index (χ0) is 27.4. The fourth-order valence-corrected chi connectivity index (χ4v) is 5.59. The lowest BCUT2D eigenvalue weighted by Gasteiger charge is -2.38. The Morgan fingerprint density at radius 2 is 1.78 bits per heavy atom. The fraction of sp³-hybridized carbons (Fsp3) is 0.792. The van der Waals surface area contributed by atoms with Crippen molar-refractivity contribution in [1.82, 2.24) is 20.4 Å². The van der Waals surface area contributed by atoms with E-state index in [0.717, 1.165) is 0 Å². The first-order chi connectivity index (χ1) is 16.4. The number of hydrogen-bond acceptors (Lipinski definition) is 5. The standard InChI is InChI=1S/C24H34F3N5O4/c1-22(2,3)18(30-21(36)24(25,26)27)20(35)32-11-13-16(23(13,4)5)17(32)19(34)29-14(10-28)12-7-8-31(6)15(33)9-12/h12-14,16-18H,7-9,11H2,1-6H3,(H,29,34)(H,30,36)/t12?,13-,14?,16-,17-,18+/m0/s1. The quantitative estimate of drug-likeness (QED) is 0.576. The van der Waals surface area contributed by atoms with Crippen LogP contribution in [0.25, 0.3) is 0 Å². The van der Waals surface area contributed by atoms with Gasteiger partial charge >= 0.3 is 12.1 Å². The molecule has 3 aliphatic rings. The third kappa shape index (κ3) is 5.15. The summed E-state index contributed by atoms with van der Waals surface area (Å²) in [5, 5.41) is 14.2. The Balaban J connectivity index is 1.83. The average Bonchev–Trinajstić information content (AvgIpc) is 3.09. The molecule has 0 aromatic rings. The lowest BCUT2D eigenvalue weighted by Crippen LogP contribution is -2.61. The van der Waals surface area contributed by atoms with Crippen LogP contribution >= 0.6 is 0 Å². The predicted molar refractivity (Wildman–Crippen MR) is 122 cm³/mol. The Morgan fingerprint density at radius 3 is 2.28 bits per heavy atom. The first-order valence-electron chi connectivity index (χ1n) is 12.0. The first-order valence-corrected chi connectivity index (χ1v) is 12.0. The maximum Gasteiger partial charge on any atom is 0.471 e. The van der Waals surface area contributed by atoms with Gasteiger partial charge in [0.05, 0.1) is 6.07 Å². The molecule has 0 spiro atoms. The smallest absolute Gasteiger partial charge is 0.346 e. The molecule has 0 aromatic heterocycles. The Hall–Kier alpha value is -2.84. The maximum absolute atomic E-state index is 13.5. The molecule has 3 fully saturated rings. The number of likely N-dealkylation sites (tertiary alicyclic amines) is 2. The number of carbonyl (C=O) groups is 4. The van der Waals surface area contributed by atoms with Crippen LogP contribution in [0.15, 0.2) is 0 Å². The molecule has 1 aliphatic carbocycles. The van der Waals surface area contributed by atoms with Crippen molar-refractivity contribution in [3.63, 3.8) is 0 Å². The van der Waals surface area contributed by atoms with E-state index in [4.69, 9.17) is 0 Å².